The number of nitrogens with zero attached hydrogens (tertiary/aromatic N) is 3. The summed E-state index contributed by atoms with van der Waals surface area (Å²) in [4.78, 5) is 9.52. The number of aromatic nitrogens is 1. The number of anilines is 2. The first-order valence-electron chi connectivity index (χ1n) is 13.8. The van der Waals surface area contributed by atoms with Crippen LogP contribution in [0.3, 0.4) is 0 Å². The van der Waals surface area contributed by atoms with E-state index in [0.29, 0.717) is 18.1 Å². The van der Waals surface area contributed by atoms with Crippen LogP contribution in [0.25, 0.3) is 11.1 Å². The Morgan fingerprint density at radius 1 is 0.816 bits per heavy atom. The molecule has 5 heteroatoms. The minimum absolute atomic E-state index is 0.417. The number of methoxy groups -OCH3 is 1. The minimum atomic E-state index is 0.417. The lowest BCUT2D eigenvalue weighted by atomic mass is 9.93. The number of pyridine rings is 1. The molecule has 0 saturated carbocycles. The molecule has 3 aliphatic rings. The van der Waals surface area contributed by atoms with Gasteiger partial charge in [-0.05, 0) is 85.2 Å². The molecule has 4 aromatic rings. The Hall–Kier alpha value is -3.83. The Morgan fingerprint density at radius 2 is 1.61 bits per heavy atom. The zero-order valence-electron chi connectivity index (χ0n) is 21.8. The molecule has 0 spiro atoms. The van der Waals surface area contributed by atoms with E-state index in [1.54, 1.807) is 7.11 Å². The number of hydrogen-bond donors (Lipinski definition) is 0. The molecular weight excluding hydrogens is 470 g/mol. The topological polar surface area (TPSA) is 37.8 Å². The number of benzene rings is 3. The summed E-state index contributed by atoms with van der Waals surface area (Å²) in [5.74, 6) is 2.47. The summed E-state index contributed by atoms with van der Waals surface area (Å²) in [5, 5.41) is 0. The van der Waals surface area contributed by atoms with Gasteiger partial charge in [0.2, 0.25) is 0 Å². The van der Waals surface area contributed by atoms with Crippen molar-refractivity contribution < 1.29 is 9.47 Å². The van der Waals surface area contributed by atoms with Gasteiger partial charge < -0.3 is 14.4 Å². The summed E-state index contributed by atoms with van der Waals surface area (Å²) in [7, 11) is 1.72. The predicted molar refractivity (Wildman–Crippen MR) is 152 cm³/mol. The molecular formula is C33H33N3O2. The third-order valence-corrected chi connectivity index (χ3v) is 8.61. The smallest absolute Gasteiger partial charge is 0.192 e. The van der Waals surface area contributed by atoms with Crippen LogP contribution >= 0.6 is 0 Å². The largest absolute Gasteiger partial charge is 0.493 e. The van der Waals surface area contributed by atoms with Crippen molar-refractivity contribution in [3.8, 4) is 28.4 Å². The third-order valence-electron chi connectivity index (χ3n) is 8.61. The van der Waals surface area contributed by atoms with Gasteiger partial charge in [0.05, 0.1) is 18.5 Å². The van der Waals surface area contributed by atoms with Gasteiger partial charge >= 0.3 is 0 Å². The third kappa shape index (κ3) is 4.11. The molecule has 3 aromatic carbocycles. The lowest BCUT2D eigenvalue weighted by Crippen LogP contribution is -2.50. The molecule has 0 N–H and O–H groups in total. The molecule has 2 bridgehead atoms. The van der Waals surface area contributed by atoms with Gasteiger partial charge in [0, 0.05) is 37.1 Å². The van der Waals surface area contributed by atoms with Crippen LogP contribution in [0.5, 0.6) is 17.2 Å². The fourth-order valence-electron chi connectivity index (χ4n) is 6.83. The van der Waals surface area contributed by atoms with E-state index in [1.807, 2.05) is 30.6 Å². The van der Waals surface area contributed by atoms with E-state index in [2.05, 4.69) is 75.4 Å². The Balaban J connectivity index is 1.21. The molecule has 3 aliphatic heterocycles. The summed E-state index contributed by atoms with van der Waals surface area (Å²) in [5.41, 5.74) is 5.94. The second kappa shape index (κ2) is 9.80. The molecule has 38 heavy (non-hydrogen) atoms. The first kappa shape index (κ1) is 23.3. The predicted octanol–water partition coefficient (Wildman–Crippen LogP) is 7.24. The molecule has 0 aliphatic carbocycles. The number of piperidine rings is 1. The van der Waals surface area contributed by atoms with Crippen LogP contribution in [-0.4, -0.2) is 41.7 Å². The van der Waals surface area contributed by atoms with Gasteiger partial charge in [0.25, 0.3) is 0 Å². The van der Waals surface area contributed by atoms with Crippen LogP contribution in [0.15, 0.2) is 91.3 Å². The van der Waals surface area contributed by atoms with Crippen molar-refractivity contribution in [2.45, 2.75) is 50.2 Å². The van der Waals surface area contributed by atoms with Crippen LogP contribution in [0.2, 0.25) is 0 Å². The van der Waals surface area contributed by atoms with Crippen LogP contribution < -0.4 is 14.4 Å². The van der Waals surface area contributed by atoms with Crippen LogP contribution in [0.1, 0.15) is 31.2 Å². The highest BCUT2D eigenvalue weighted by Crippen LogP contribution is 2.54. The lowest BCUT2D eigenvalue weighted by molar-refractivity contribution is 0.129. The van der Waals surface area contributed by atoms with Crippen molar-refractivity contribution in [2.75, 3.05) is 18.6 Å². The Kier molecular flexibility index (Phi) is 6.01. The lowest BCUT2D eigenvalue weighted by Gasteiger charge is -2.46. The van der Waals surface area contributed by atoms with Gasteiger partial charge in [-0.3, -0.25) is 9.88 Å². The summed E-state index contributed by atoms with van der Waals surface area (Å²) in [6, 6.07) is 29.5. The molecule has 3 atom stereocenters. The van der Waals surface area contributed by atoms with Gasteiger partial charge in [0.15, 0.2) is 17.2 Å². The molecule has 0 radical (unpaired) electrons. The SMILES string of the molecule is COc1cccc2c1Oc1cc(-c3ccncc3)ccc1N2C1C[C@H]2CC[C@@H](C1)N2CCc1ccccc1. The van der Waals surface area contributed by atoms with Crippen molar-refractivity contribution in [3.05, 3.63) is 96.8 Å². The van der Waals surface area contributed by atoms with Crippen molar-refractivity contribution >= 4 is 11.4 Å². The molecule has 1 aromatic heterocycles. The zero-order valence-corrected chi connectivity index (χ0v) is 21.8. The molecule has 7 rings (SSSR count). The molecule has 4 heterocycles. The van der Waals surface area contributed by atoms with Crippen molar-refractivity contribution in [1.29, 1.82) is 0 Å². The second-order valence-electron chi connectivity index (χ2n) is 10.7. The maximum Gasteiger partial charge on any atom is 0.192 e. The summed E-state index contributed by atoms with van der Waals surface area (Å²) in [6.45, 7) is 1.14. The number of ether oxygens (including phenoxy) is 2. The second-order valence-corrected chi connectivity index (χ2v) is 10.7. The van der Waals surface area contributed by atoms with Gasteiger partial charge in [-0.15, -0.1) is 0 Å². The maximum atomic E-state index is 6.57. The molecule has 1 unspecified atom stereocenters. The molecule has 192 valence electrons. The Bertz CT molecular complexity index is 1410. The van der Waals surface area contributed by atoms with Gasteiger partial charge in [0.1, 0.15) is 0 Å². The molecule has 2 saturated heterocycles. The van der Waals surface area contributed by atoms with E-state index < -0.39 is 0 Å². The normalized spacial score (nSPS) is 21.9. The summed E-state index contributed by atoms with van der Waals surface area (Å²) < 4.78 is 12.3. The van der Waals surface area contributed by atoms with Crippen LogP contribution in [-0.2, 0) is 6.42 Å². The molecule has 0 amide bonds. The van der Waals surface area contributed by atoms with Crippen molar-refractivity contribution in [3.63, 3.8) is 0 Å². The van der Waals surface area contributed by atoms with Gasteiger partial charge in [-0.2, -0.15) is 0 Å². The van der Waals surface area contributed by atoms with E-state index >= 15 is 0 Å². The average molecular weight is 504 g/mol. The van der Waals surface area contributed by atoms with E-state index in [0.717, 1.165) is 65.6 Å². The van der Waals surface area contributed by atoms with Crippen LogP contribution in [0.4, 0.5) is 11.4 Å². The minimum Gasteiger partial charge on any atom is -0.493 e. The summed E-state index contributed by atoms with van der Waals surface area (Å²) in [6.07, 6.45) is 9.69. The zero-order chi connectivity index (χ0) is 25.5. The first-order valence-corrected chi connectivity index (χ1v) is 13.8. The van der Waals surface area contributed by atoms with E-state index in [9.17, 15) is 0 Å². The number of hydrogen-bond acceptors (Lipinski definition) is 5. The molecule has 5 nitrogen and oxygen atoms in total. The molecule has 2 fully saturated rings. The Labute approximate surface area is 224 Å². The quantitative estimate of drug-likeness (QED) is 0.277. The maximum absolute atomic E-state index is 6.57. The highest BCUT2D eigenvalue weighted by Gasteiger charge is 2.44. The van der Waals surface area contributed by atoms with E-state index in [-0.39, 0.29) is 0 Å². The van der Waals surface area contributed by atoms with Crippen molar-refractivity contribution in [1.82, 2.24) is 9.88 Å². The highest BCUT2D eigenvalue weighted by molar-refractivity contribution is 5.83. The number of para-hydroxylation sites is 1. The standard InChI is InChI=1S/C33H33N3O2/c1-37-31-9-5-8-30-33(31)38-32-20-25(24-14-17-34-18-15-24)10-13-29(32)36(30)28-21-26-11-12-27(22-28)35(26)19-16-23-6-3-2-4-7-23/h2-10,13-15,17-18,20,26-28H,11-12,16,19,21-22H2,1H3/t26-,27+,28?. The fourth-order valence-corrected chi connectivity index (χ4v) is 6.83. The van der Waals surface area contributed by atoms with Crippen LogP contribution in [0, 0.1) is 0 Å². The van der Waals surface area contributed by atoms with E-state index in [4.69, 9.17) is 9.47 Å². The number of rotatable bonds is 6. The highest BCUT2D eigenvalue weighted by atomic mass is 16.5. The number of fused-ring (bicyclic) bond motifs is 4. The van der Waals surface area contributed by atoms with Gasteiger partial charge in [-0.1, -0.05) is 42.5 Å². The van der Waals surface area contributed by atoms with Gasteiger partial charge in [-0.25, -0.2) is 0 Å². The fraction of sp³-hybridized carbons (Fsp3) is 0.303. The summed E-state index contributed by atoms with van der Waals surface area (Å²) >= 11 is 0. The van der Waals surface area contributed by atoms with Crippen molar-refractivity contribution in [2.24, 2.45) is 0 Å². The van der Waals surface area contributed by atoms with E-state index in [1.165, 1.54) is 18.4 Å². The monoisotopic (exact) mass is 503 g/mol. The average Bonchev–Trinajstić information content (AvgIpc) is 3.21. The Morgan fingerprint density at radius 3 is 2.37 bits per heavy atom. The first-order chi connectivity index (χ1) is 18.8.